The molecule has 0 aliphatic carbocycles. The lowest BCUT2D eigenvalue weighted by molar-refractivity contribution is 0.0700. The van der Waals surface area contributed by atoms with Crippen LogP contribution in [-0.4, -0.2) is 38.8 Å². The van der Waals surface area contributed by atoms with E-state index in [1.807, 2.05) is 41.3 Å². The number of fused-ring (bicyclic) bond motifs is 2. The van der Waals surface area contributed by atoms with Gasteiger partial charge in [-0.05, 0) is 43.5 Å². The Labute approximate surface area is 157 Å². The van der Waals surface area contributed by atoms with Gasteiger partial charge in [0.2, 0.25) is 0 Å². The number of amides is 1. The second-order valence-electron chi connectivity index (χ2n) is 7.45. The molecule has 5 rings (SSSR count). The number of likely N-dealkylation sites (tertiary alicyclic amines) is 1. The molecule has 1 aliphatic heterocycles. The Morgan fingerprint density at radius 2 is 1.96 bits per heavy atom. The van der Waals surface area contributed by atoms with Crippen LogP contribution in [0.5, 0.6) is 0 Å². The van der Waals surface area contributed by atoms with Crippen LogP contribution in [0.2, 0.25) is 0 Å². The highest BCUT2D eigenvalue weighted by Gasteiger charge is 2.28. The summed E-state index contributed by atoms with van der Waals surface area (Å²) in [4.78, 5) is 26.6. The van der Waals surface area contributed by atoms with Crippen molar-refractivity contribution in [3.05, 3.63) is 65.6 Å². The maximum atomic E-state index is 13.0. The van der Waals surface area contributed by atoms with Crippen LogP contribution in [0.4, 0.5) is 0 Å². The second kappa shape index (κ2) is 6.27. The van der Waals surface area contributed by atoms with Crippen molar-refractivity contribution in [1.82, 2.24) is 19.9 Å². The Bertz CT molecular complexity index is 1110. The molecule has 1 unspecified atom stereocenters. The van der Waals surface area contributed by atoms with Gasteiger partial charge in [0, 0.05) is 29.9 Å². The van der Waals surface area contributed by atoms with Gasteiger partial charge >= 0.3 is 0 Å². The molecular formula is C22H22N4O. The molecule has 1 amide bonds. The lowest BCUT2D eigenvalue weighted by Crippen LogP contribution is -2.39. The van der Waals surface area contributed by atoms with Crippen molar-refractivity contribution in [3.8, 4) is 0 Å². The summed E-state index contributed by atoms with van der Waals surface area (Å²) in [6, 6.07) is 16.1. The van der Waals surface area contributed by atoms with Gasteiger partial charge in [0.25, 0.3) is 5.91 Å². The quantitative estimate of drug-likeness (QED) is 0.559. The van der Waals surface area contributed by atoms with E-state index in [0.29, 0.717) is 12.2 Å². The topological polar surface area (TPSA) is 64.8 Å². The molecule has 0 bridgehead atoms. The Hall–Kier alpha value is -3.08. The molecule has 2 N–H and O–H groups in total. The highest BCUT2D eigenvalue weighted by Crippen LogP contribution is 2.28. The number of rotatable bonds is 2. The van der Waals surface area contributed by atoms with Crippen LogP contribution in [0.15, 0.2) is 48.5 Å². The molecule has 1 atom stereocenters. The zero-order valence-electron chi connectivity index (χ0n) is 15.3. The number of aromatic nitrogens is 3. The molecule has 2 aromatic heterocycles. The molecule has 1 saturated heterocycles. The number of aryl methyl sites for hydroxylation is 1. The summed E-state index contributed by atoms with van der Waals surface area (Å²) in [6.07, 6.45) is 2.04. The molecule has 0 radical (unpaired) electrons. The Morgan fingerprint density at radius 1 is 1.11 bits per heavy atom. The van der Waals surface area contributed by atoms with Crippen LogP contribution >= 0.6 is 0 Å². The lowest BCUT2D eigenvalue weighted by Gasteiger charge is -2.31. The number of hydrogen-bond donors (Lipinski definition) is 2. The molecule has 136 valence electrons. The molecule has 5 heteroatoms. The van der Waals surface area contributed by atoms with Gasteiger partial charge in [0.15, 0.2) is 0 Å². The predicted molar refractivity (Wildman–Crippen MR) is 107 cm³/mol. The van der Waals surface area contributed by atoms with Gasteiger partial charge in [-0.2, -0.15) is 0 Å². The van der Waals surface area contributed by atoms with Gasteiger partial charge in [0.1, 0.15) is 11.5 Å². The van der Waals surface area contributed by atoms with E-state index in [1.54, 1.807) is 0 Å². The molecular weight excluding hydrogens is 336 g/mol. The number of nitrogens with one attached hydrogen (secondary N) is 2. The normalized spacial score (nSPS) is 17.7. The van der Waals surface area contributed by atoms with Crippen LogP contribution in [0.1, 0.15) is 40.6 Å². The summed E-state index contributed by atoms with van der Waals surface area (Å²) in [6.45, 7) is 3.58. The average Bonchev–Trinajstić information content (AvgIpc) is 3.32. The third kappa shape index (κ3) is 2.79. The van der Waals surface area contributed by atoms with E-state index >= 15 is 0 Å². The number of aromatic amines is 2. The van der Waals surface area contributed by atoms with E-state index in [9.17, 15) is 4.79 Å². The second-order valence-corrected chi connectivity index (χ2v) is 7.45. The maximum absolute atomic E-state index is 13.0. The standard InChI is InChI=1S/C22H22N4O/c1-14-6-4-10-18-20(14)25-21(24-18)16-8-5-11-26(13-16)22(27)19-12-15-7-2-3-9-17(15)23-19/h2-4,6-7,9-10,12,16,23H,5,8,11,13H2,1H3,(H,24,25). The highest BCUT2D eigenvalue weighted by atomic mass is 16.2. The first-order chi connectivity index (χ1) is 13.2. The van der Waals surface area contributed by atoms with Gasteiger partial charge in [-0.1, -0.05) is 30.3 Å². The monoisotopic (exact) mass is 358 g/mol. The van der Waals surface area contributed by atoms with Crippen molar-refractivity contribution >= 4 is 27.8 Å². The zero-order valence-corrected chi connectivity index (χ0v) is 15.3. The Balaban J connectivity index is 1.41. The number of benzene rings is 2. The van der Waals surface area contributed by atoms with E-state index in [2.05, 4.69) is 29.0 Å². The van der Waals surface area contributed by atoms with Crippen molar-refractivity contribution in [2.75, 3.05) is 13.1 Å². The van der Waals surface area contributed by atoms with E-state index in [1.165, 1.54) is 5.56 Å². The molecule has 1 fully saturated rings. The third-order valence-corrected chi connectivity index (χ3v) is 5.59. The van der Waals surface area contributed by atoms with Crippen molar-refractivity contribution in [1.29, 1.82) is 0 Å². The van der Waals surface area contributed by atoms with Gasteiger partial charge in [0.05, 0.1) is 11.0 Å². The van der Waals surface area contributed by atoms with Gasteiger partial charge < -0.3 is 14.9 Å². The molecule has 1 aliphatic rings. The SMILES string of the molecule is Cc1cccc2[nH]c(C3CCCN(C(=O)c4cc5ccccc5[nH]4)C3)nc12. The predicted octanol–water partition coefficient (Wildman–Crippen LogP) is 4.37. The van der Waals surface area contributed by atoms with Crippen LogP contribution < -0.4 is 0 Å². The number of carbonyl (C=O) groups excluding carboxylic acids is 1. The average molecular weight is 358 g/mol. The number of nitrogens with zero attached hydrogens (tertiary/aromatic N) is 2. The fourth-order valence-corrected chi connectivity index (χ4v) is 4.13. The number of imidazole rings is 1. The fraction of sp³-hybridized carbons (Fsp3) is 0.273. The minimum atomic E-state index is 0.0724. The summed E-state index contributed by atoms with van der Waals surface area (Å²) in [5.74, 6) is 1.32. The van der Waals surface area contributed by atoms with Crippen LogP contribution in [-0.2, 0) is 0 Å². The fourth-order valence-electron chi connectivity index (χ4n) is 4.13. The smallest absolute Gasteiger partial charge is 0.270 e. The van der Waals surface area contributed by atoms with Crippen LogP contribution in [0.25, 0.3) is 21.9 Å². The summed E-state index contributed by atoms with van der Waals surface area (Å²) in [5, 5.41) is 1.07. The molecule has 27 heavy (non-hydrogen) atoms. The Morgan fingerprint density at radius 3 is 2.81 bits per heavy atom. The zero-order chi connectivity index (χ0) is 18.4. The van der Waals surface area contributed by atoms with E-state index in [4.69, 9.17) is 4.98 Å². The summed E-state index contributed by atoms with van der Waals surface area (Å²) >= 11 is 0. The van der Waals surface area contributed by atoms with Gasteiger partial charge in [-0.25, -0.2) is 4.98 Å². The highest BCUT2D eigenvalue weighted by molar-refractivity contribution is 5.98. The number of H-pyrrole nitrogens is 2. The summed E-state index contributed by atoms with van der Waals surface area (Å²) in [5.41, 5.74) is 4.95. The van der Waals surface area contributed by atoms with E-state index in [-0.39, 0.29) is 11.8 Å². The lowest BCUT2D eigenvalue weighted by atomic mass is 9.97. The first-order valence-electron chi connectivity index (χ1n) is 9.51. The molecule has 0 saturated carbocycles. The van der Waals surface area contributed by atoms with Gasteiger partial charge in [-0.3, -0.25) is 4.79 Å². The van der Waals surface area contributed by atoms with Gasteiger partial charge in [-0.15, -0.1) is 0 Å². The first kappa shape index (κ1) is 16.1. The largest absolute Gasteiger partial charge is 0.351 e. The summed E-state index contributed by atoms with van der Waals surface area (Å²) < 4.78 is 0. The van der Waals surface area contributed by atoms with Crippen molar-refractivity contribution in [2.45, 2.75) is 25.7 Å². The van der Waals surface area contributed by atoms with Crippen molar-refractivity contribution < 1.29 is 4.79 Å². The molecule has 2 aromatic carbocycles. The molecule has 3 heterocycles. The van der Waals surface area contributed by atoms with Crippen molar-refractivity contribution in [2.24, 2.45) is 0 Å². The van der Waals surface area contributed by atoms with Crippen molar-refractivity contribution in [3.63, 3.8) is 0 Å². The number of piperidine rings is 1. The van der Waals surface area contributed by atoms with Crippen LogP contribution in [0.3, 0.4) is 0 Å². The Kier molecular flexibility index (Phi) is 3.74. The summed E-state index contributed by atoms with van der Waals surface area (Å²) in [7, 11) is 0. The minimum absolute atomic E-state index is 0.0724. The molecule has 0 spiro atoms. The third-order valence-electron chi connectivity index (χ3n) is 5.59. The number of para-hydroxylation sites is 2. The van der Waals surface area contributed by atoms with E-state index < -0.39 is 0 Å². The number of carbonyl (C=O) groups is 1. The van der Waals surface area contributed by atoms with E-state index in [0.717, 1.165) is 47.1 Å². The maximum Gasteiger partial charge on any atom is 0.270 e. The minimum Gasteiger partial charge on any atom is -0.351 e. The number of hydrogen-bond acceptors (Lipinski definition) is 2. The molecule has 5 nitrogen and oxygen atoms in total. The first-order valence-corrected chi connectivity index (χ1v) is 9.51. The molecule has 4 aromatic rings. The van der Waals surface area contributed by atoms with Crippen LogP contribution in [0, 0.1) is 6.92 Å².